The fraction of sp³-hybridized carbons (Fsp3) is 0.800. The number of rotatable bonds is 4. The van der Waals surface area contributed by atoms with Crippen molar-refractivity contribution in [3.8, 4) is 0 Å². The van der Waals surface area contributed by atoms with Gasteiger partial charge >= 0.3 is 5.97 Å². The molecule has 5 nitrogen and oxygen atoms in total. The smallest absolute Gasteiger partial charge is 0.326 e. The van der Waals surface area contributed by atoms with Crippen LogP contribution in [0.25, 0.3) is 0 Å². The van der Waals surface area contributed by atoms with Crippen LogP contribution >= 0.6 is 0 Å². The summed E-state index contributed by atoms with van der Waals surface area (Å²) in [7, 11) is 0. The molecule has 0 rings (SSSR count). The maximum absolute atomic E-state index is 11.6. The zero-order valence-corrected chi connectivity index (χ0v) is 9.70. The minimum atomic E-state index is -1.04. The molecule has 4 N–H and O–H groups in total. The Bertz CT molecular complexity index is 246. The van der Waals surface area contributed by atoms with E-state index >= 15 is 0 Å². The maximum atomic E-state index is 11.6. The summed E-state index contributed by atoms with van der Waals surface area (Å²) >= 11 is 0. The second-order valence-corrected chi connectivity index (χ2v) is 4.65. The molecule has 0 fully saturated rings. The fourth-order valence-electron chi connectivity index (χ4n) is 0.993. The lowest BCUT2D eigenvalue weighted by molar-refractivity contribution is -0.142. The molecule has 0 saturated heterocycles. The Hall–Kier alpha value is -1.10. The van der Waals surface area contributed by atoms with E-state index in [4.69, 9.17) is 10.8 Å². The first-order valence-electron chi connectivity index (χ1n) is 4.99. The van der Waals surface area contributed by atoms with Gasteiger partial charge in [0.15, 0.2) is 0 Å². The molecule has 0 aliphatic rings. The number of nitrogens with two attached hydrogens (primary N) is 1. The molecule has 0 radical (unpaired) electrons. The van der Waals surface area contributed by atoms with Crippen LogP contribution in [0.1, 0.15) is 34.1 Å². The molecular weight excluding hydrogens is 196 g/mol. The highest BCUT2D eigenvalue weighted by Crippen LogP contribution is 2.17. The van der Waals surface area contributed by atoms with E-state index in [0.717, 1.165) is 0 Å². The Morgan fingerprint density at radius 3 is 2.13 bits per heavy atom. The number of amides is 1. The van der Waals surface area contributed by atoms with E-state index in [1.807, 2.05) is 20.8 Å². The van der Waals surface area contributed by atoms with Crippen LogP contribution < -0.4 is 11.1 Å². The summed E-state index contributed by atoms with van der Waals surface area (Å²) < 4.78 is 0. The van der Waals surface area contributed by atoms with Gasteiger partial charge < -0.3 is 16.2 Å². The van der Waals surface area contributed by atoms with Crippen molar-refractivity contribution in [2.75, 3.05) is 0 Å². The Morgan fingerprint density at radius 2 is 1.87 bits per heavy atom. The minimum Gasteiger partial charge on any atom is -0.480 e. The number of carbonyl (C=O) groups excluding carboxylic acids is 1. The maximum Gasteiger partial charge on any atom is 0.326 e. The SMILES string of the molecule is CC[C@@H](NC(=O)[C@@H](N)C(C)(C)C)C(=O)O. The third kappa shape index (κ3) is 4.29. The highest BCUT2D eigenvalue weighted by atomic mass is 16.4. The first-order chi connectivity index (χ1) is 6.70. The predicted molar refractivity (Wildman–Crippen MR) is 57.3 cm³/mol. The number of carboxylic acid groups (broad SMARTS) is 1. The average Bonchev–Trinajstić information content (AvgIpc) is 2.10. The van der Waals surface area contributed by atoms with E-state index in [-0.39, 0.29) is 5.41 Å². The van der Waals surface area contributed by atoms with Gasteiger partial charge in [0.05, 0.1) is 6.04 Å². The third-order valence-electron chi connectivity index (χ3n) is 2.24. The molecule has 0 aromatic rings. The molecule has 0 aromatic heterocycles. The van der Waals surface area contributed by atoms with Crippen LogP contribution in [0.15, 0.2) is 0 Å². The summed E-state index contributed by atoms with van der Waals surface area (Å²) in [5.74, 6) is -1.45. The lowest BCUT2D eigenvalue weighted by Crippen LogP contribution is -2.53. The van der Waals surface area contributed by atoms with E-state index in [1.54, 1.807) is 6.92 Å². The van der Waals surface area contributed by atoms with Crippen LogP contribution in [-0.4, -0.2) is 29.1 Å². The molecule has 15 heavy (non-hydrogen) atoms. The fourth-order valence-corrected chi connectivity index (χ4v) is 0.993. The molecule has 1 amide bonds. The number of nitrogens with one attached hydrogen (secondary N) is 1. The molecule has 88 valence electrons. The van der Waals surface area contributed by atoms with Gasteiger partial charge in [-0.15, -0.1) is 0 Å². The largest absolute Gasteiger partial charge is 0.480 e. The van der Waals surface area contributed by atoms with E-state index in [9.17, 15) is 9.59 Å². The zero-order valence-electron chi connectivity index (χ0n) is 9.70. The third-order valence-corrected chi connectivity index (χ3v) is 2.24. The van der Waals surface area contributed by atoms with Gasteiger partial charge in [0.2, 0.25) is 5.91 Å². The van der Waals surface area contributed by atoms with Crippen LogP contribution in [0.4, 0.5) is 0 Å². The van der Waals surface area contributed by atoms with Crippen molar-refractivity contribution in [2.24, 2.45) is 11.1 Å². The number of carbonyl (C=O) groups is 2. The van der Waals surface area contributed by atoms with Crippen LogP contribution in [0.3, 0.4) is 0 Å². The molecule has 0 aromatic carbocycles. The van der Waals surface area contributed by atoms with E-state index in [0.29, 0.717) is 6.42 Å². The molecule has 5 heteroatoms. The van der Waals surface area contributed by atoms with Crippen molar-refractivity contribution in [1.82, 2.24) is 5.32 Å². The number of hydrogen-bond acceptors (Lipinski definition) is 3. The first kappa shape index (κ1) is 13.9. The van der Waals surface area contributed by atoms with Crippen molar-refractivity contribution in [1.29, 1.82) is 0 Å². The zero-order chi connectivity index (χ0) is 12.2. The Kier molecular flexibility index (Phi) is 4.74. The Morgan fingerprint density at radius 1 is 1.40 bits per heavy atom. The van der Waals surface area contributed by atoms with Gasteiger partial charge in [-0.1, -0.05) is 27.7 Å². The molecule has 0 spiro atoms. The van der Waals surface area contributed by atoms with Crippen LogP contribution in [0.5, 0.6) is 0 Å². The van der Waals surface area contributed by atoms with Crippen molar-refractivity contribution in [3.05, 3.63) is 0 Å². The standard InChI is InChI=1S/C10H20N2O3/c1-5-6(9(14)15)12-8(13)7(11)10(2,3)4/h6-7H,5,11H2,1-4H3,(H,12,13)(H,14,15)/t6-,7-/m1/s1. The Labute approximate surface area is 90.0 Å². The van der Waals surface area contributed by atoms with Gasteiger partial charge in [-0.2, -0.15) is 0 Å². The lowest BCUT2D eigenvalue weighted by atomic mass is 9.87. The molecule has 0 aliphatic heterocycles. The van der Waals surface area contributed by atoms with Crippen LogP contribution in [-0.2, 0) is 9.59 Å². The summed E-state index contributed by atoms with van der Waals surface area (Å²) in [6, 6.07) is -1.56. The highest BCUT2D eigenvalue weighted by Gasteiger charge is 2.29. The molecule has 0 saturated carbocycles. The number of aliphatic carboxylic acids is 1. The summed E-state index contributed by atoms with van der Waals surface area (Å²) in [4.78, 5) is 22.2. The van der Waals surface area contributed by atoms with Gasteiger partial charge in [0, 0.05) is 0 Å². The van der Waals surface area contributed by atoms with Gasteiger partial charge in [0.1, 0.15) is 6.04 Å². The lowest BCUT2D eigenvalue weighted by Gasteiger charge is -2.27. The first-order valence-corrected chi connectivity index (χ1v) is 4.99. The topological polar surface area (TPSA) is 92.4 Å². The summed E-state index contributed by atoms with van der Waals surface area (Å²) in [6.45, 7) is 7.19. The normalized spacial score (nSPS) is 15.5. The van der Waals surface area contributed by atoms with Crippen molar-refractivity contribution in [2.45, 2.75) is 46.2 Å². The van der Waals surface area contributed by atoms with Gasteiger partial charge in [-0.3, -0.25) is 4.79 Å². The number of hydrogen-bond donors (Lipinski definition) is 3. The van der Waals surface area contributed by atoms with E-state index < -0.39 is 24.0 Å². The van der Waals surface area contributed by atoms with E-state index in [1.165, 1.54) is 0 Å². The molecule has 2 atom stereocenters. The summed E-state index contributed by atoms with van der Waals surface area (Å²) in [5, 5.41) is 11.2. The number of carboxylic acids is 1. The second kappa shape index (κ2) is 5.11. The highest BCUT2D eigenvalue weighted by molar-refractivity contribution is 5.87. The van der Waals surface area contributed by atoms with Crippen molar-refractivity contribution < 1.29 is 14.7 Å². The molecular formula is C10H20N2O3. The predicted octanol–water partition coefficient (Wildman–Crippen LogP) is 0.339. The molecule has 0 aliphatic carbocycles. The Balaban J connectivity index is 4.42. The van der Waals surface area contributed by atoms with E-state index in [2.05, 4.69) is 5.32 Å². The summed E-state index contributed by atoms with van der Waals surface area (Å²) in [6.07, 6.45) is 0.345. The summed E-state index contributed by atoms with van der Waals surface area (Å²) in [5.41, 5.74) is 5.32. The molecule has 0 unspecified atom stereocenters. The quantitative estimate of drug-likeness (QED) is 0.631. The monoisotopic (exact) mass is 216 g/mol. The molecule has 0 bridgehead atoms. The van der Waals surface area contributed by atoms with Crippen molar-refractivity contribution >= 4 is 11.9 Å². The van der Waals surface area contributed by atoms with Gasteiger partial charge in [-0.05, 0) is 11.8 Å². The van der Waals surface area contributed by atoms with Crippen LogP contribution in [0, 0.1) is 5.41 Å². The second-order valence-electron chi connectivity index (χ2n) is 4.65. The van der Waals surface area contributed by atoms with Gasteiger partial charge in [-0.25, -0.2) is 4.79 Å². The average molecular weight is 216 g/mol. The van der Waals surface area contributed by atoms with Crippen LogP contribution in [0.2, 0.25) is 0 Å². The minimum absolute atomic E-state index is 0.345. The van der Waals surface area contributed by atoms with Crippen molar-refractivity contribution in [3.63, 3.8) is 0 Å². The molecule has 0 heterocycles. The van der Waals surface area contributed by atoms with Gasteiger partial charge in [0.25, 0.3) is 0 Å².